The van der Waals surface area contributed by atoms with Crippen LogP contribution in [0.25, 0.3) is 0 Å². The standard InChI is InChI=1S/C8H16F3NO/c1-7(5-12)3-2-4-13-6-8(9,10)11/h7H,2-6,12H2,1H3. The summed E-state index contributed by atoms with van der Waals surface area (Å²) in [4.78, 5) is 0. The SMILES string of the molecule is CC(CN)CCCOCC(F)(F)F. The molecule has 2 nitrogen and oxygen atoms in total. The van der Waals surface area contributed by atoms with Crippen molar-refractivity contribution in [2.75, 3.05) is 19.8 Å². The van der Waals surface area contributed by atoms with Gasteiger partial charge in [0.05, 0.1) is 0 Å². The Kier molecular flexibility index (Phi) is 6.07. The molecule has 0 saturated carbocycles. The number of rotatable bonds is 6. The third kappa shape index (κ3) is 9.63. The van der Waals surface area contributed by atoms with E-state index >= 15 is 0 Å². The second-order valence-electron chi connectivity index (χ2n) is 3.15. The predicted octanol–water partition coefficient (Wildman–Crippen LogP) is 1.94. The number of halogens is 3. The van der Waals surface area contributed by atoms with Crippen molar-refractivity contribution >= 4 is 0 Å². The number of alkyl halides is 3. The van der Waals surface area contributed by atoms with Crippen LogP contribution in [0.2, 0.25) is 0 Å². The van der Waals surface area contributed by atoms with Crippen LogP contribution in [0.4, 0.5) is 13.2 Å². The maximum absolute atomic E-state index is 11.6. The van der Waals surface area contributed by atoms with Gasteiger partial charge in [0.1, 0.15) is 6.61 Å². The normalized spacial score (nSPS) is 14.5. The fourth-order valence-electron chi connectivity index (χ4n) is 0.840. The maximum Gasteiger partial charge on any atom is 0.411 e. The van der Waals surface area contributed by atoms with Crippen molar-refractivity contribution in [3.8, 4) is 0 Å². The minimum Gasteiger partial charge on any atom is -0.372 e. The molecule has 13 heavy (non-hydrogen) atoms. The molecule has 5 heteroatoms. The summed E-state index contributed by atoms with van der Waals surface area (Å²) in [6.07, 6.45) is -2.76. The van der Waals surface area contributed by atoms with Gasteiger partial charge in [-0.2, -0.15) is 13.2 Å². The van der Waals surface area contributed by atoms with Crippen LogP contribution < -0.4 is 5.73 Å². The molecule has 0 aliphatic carbocycles. The third-order valence-corrected chi connectivity index (χ3v) is 1.65. The Bertz CT molecular complexity index is 127. The van der Waals surface area contributed by atoms with Crippen molar-refractivity contribution in [3.63, 3.8) is 0 Å². The quantitative estimate of drug-likeness (QED) is 0.663. The Hall–Kier alpha value is -0.290. The number of hydrogen-bond acceptors (Lipinski definition) is 2. The lowest BCUT2D eigenvalue weighted by atomic mass is 10.1. The Labute approximate surface area is 76.2 Å². The summed E-state index contributed by atoms with van der Waals surface area (Å²) in [6.45, 7) is 1.54. The molecule has 0 aliphatic rings. The molecule has 80 valence electrons. The van der Waals surface area contributed by atoms with Gasteiger partial charge in [-0.05, 0) is 25.3 Å². The Morgan fingerprint density at radius 2 is 2.00 bits per heavy atom. The first-order valence-electron chi connectivity index (χ1n) is 4.30. The van der Waals surface area contributed by atoms with Crippen molar-refractivity contribution in [1.29, 1.82) is 0 Å². The molecular weight excluding hydrogens is 183 g/mol. The summed E-state index contributed by atoms with van der Waals surface area (Å²) in [5, 5.41) is 0. The van der Waals surface area contributed by atoms with Crippen LogP contribution in [-0.4, -0.2) is 25.9 Å². The molecule has 0 spiro atoms. The molecule has 0 rings (SSSR count). The van der Waals surface area contributed by atoms with Gasteiger partial charge in [-0.15, -0.1) is 0 Å². The first-order chi connectivity index (χ1) is 5.95. The van der Waals surface area contributed by atoms with Crippen molar-refractivity contribution < 1.29 is 17.9 Å². The van der Waals surface area contributed by atoms with Gasteiger partial charge < -0.3 is 10.5 Å². The lowest BCUT2D eigenvalue weighted by molar-refractivity contribution is -0.174. The van der Waals surface area contributed by atoms with Crippen LogP contribution in [-0.2, 0) is 4.74 Å². The average Bonchev–Trinajstić information content (AvgIpc) is 2.01. The van der Waals surface area contributed by atoms with E-state index in [-0.39, 0.29) is 6.61 Å². The van der Waals surface area contributed by atoms with Crippen LogP contribution >= 0.6 is 0 Å². The monoisotopic (exact) mass is 199 g/mol. The average molecular weight is 199 g/mol. The van der Waals surface area contributed by atoms with Crippen LogP contribution in [0.15, 0.2) is 0 Å². The lowest BCUT2D eigenvalue weighted by Crippen LogP contribution is -2.18. The van der Waals surface area contributed by atoms with Crippen LogP contribution in [0.1, 0.15) is 19.8 Å². The fourth-order valence-corrected chi connectivity index (χ4v) is 0.840. The number of ether oxygens (including phenoxy) is 1. The van der Waals surface area contributed by atoms with Gasteiger partial charge >= 0.3 is 6.18 Å². The molecular formula is C8H16F3NO. The van der Waals surface area contributed by atoms with E-state index < -0.39 is 12.8 Å². The Balaban J connectivity index is 3.18. The molecule has 0 aromatic rings. The van der Waals surface area contributed by atoms with E-state index in [2.05, 4.69) is 4.74 Å². The highest BCUT2D eigenvalue weighted by atomic mass is 19.4. The summed E-state index contributed by atoms with van der Waals surface area (Å²) in [5.74, 6) is 0.356. The number of hydrogen-bond donors (Lipinski definition) is 1. The van der Waals surface area contributed by atoms with Gasteiger partial charge in [0.2, 0.25) is 0 Å². The molecule has 0 aliphatic heterocycles. The molecule has 0 fully saturated rings. The van der Waals surface area contributed by atoms with Crippen LogP contribution in [0, 0.1) is 5.92 Å². The van der Waals surface area contributed by atoms with E-state index in [1.165, 1.54) is 0 Å². The van der Waals surface area contributed by atoms with Crippen LogP contribution in [0.5, 0.6) is 0 Å². The number of nitrogens with two attached hydrogens (primary N) is 1. The minimum absolute atomic E-state index is 0.157. The third-order valence-electron chi connectivity index (χ3n) is 1.65. The van der Waals surface area contributed by atoms with Gasteiger partial charge in [-0.3, -0.25) is 0 Å². The molecule has 0 radical (unpaired) electrons. The highest BCUT2D eigenvalue weighted by Crippen LogP contribution is 2.14. The molecule has 2 N–H and O–H groups in total. The highest BCUT2D eigenvalue weighted by molar-refractivity contribution is 4.53. The molecule has 1 atom stereocenters. The summed E-state index contributed by atoms with van der Waals surface area (Å²) in [6, 6.07) is 0. The van der Waals surface area contributed by atoms with E-state index in [1.807, 2.05) is 6.92 Å². The van der Waals surface area contributed by atoms with Gasteiger partial charge in [0, 0.05) is 6.61 Å². The summed E-state index contributed by atoms with van der Waals surface area (Å²) >= 11 is 0. The summed E-state index contributed by atoms with van der Waals surface area (Å²) < 4.78 is 39.1. The van der Waals surface area contributed by atoms with Crippen molar-refractivity contribution in [1.82, 2.24) is 0 Å². The van der Waals surface area contributed by atoms with E-state index in [4.69, 9.17) is 5.73 Å². The van der Waals surface area contributed by atoms with E-state index in [0.29, 0.717) is 18.9 Å². The largest absolute Gasteiger partial charge is 0.411 e. The fraction of sp³-hybridized carbons (Fsp3) is 1.00. The predicted molar refractivity (Wildman–Crippen MR) is 44.3 cm³/mol. The van der Waals surface area contributed by atoms with E-state index in [0.717, 1.165) is 6.42 Å². The van der Waals surface area contributed by atoms with Crippen molar-refractivity contribution in [2.24, 2.45) is 11.7 Å². The molecule has 0 aromatic carbocycles. The zero-order chi connectivity index (χ0) is 10.3. The Morgan fingerprint density at radius 3 is 2.46 bits per heavy atom. The van der Waals surface area contributed by atoms with E-state index in [9.17, 15) is 13.2 Å². The van der Waals surface area contributed by atoms with Crippen molar-refractivity contribution in [3.05, 3.63) is 0 Å². The zero-order valence-electron chi connectivity index (χ0n) is 7.73. The lowest BCUT2D eigenvalue weighted by Gasteiger charge is -2.09. The Morgan fingerprint density at radius 1 is 1.38 bits per heavy atom. The van der Waals surface area contributed by atoms with Gasteiger partial charge in [0.15, 0.2) is 0 Å². The second kappa shape index (κ2) is 6.21. The van der Waals surface area contributed by atoms with Crippen LogP contribution in [0.3, 0.4) is 0 Å². The molecule has 0 saturated heterocycles. The summed E-state index contributed by atoms with van der Waals surface area (Å²) in [7, 11) is 0. The zero-order valence-corrected chi connectivity index (χ0v) is 7.73. The molecule has 0 aromatic heterocycles. The molecule has 0 amide bonds. The molecule has 1 unspecified atom stereocenters. The van der Waals surface area contributed by atoms with Gasteiger partial charge in [0.25, 0.3) is 0 Å². The highest BCUT2D eigenvalue weighted by Gasteiger charge is 2.27. The minimum atomic E-state index is -4.21. The van der Waals surface area contributed by atoms with Gasteiger partial charge in [-0.25, -0.2) is 0 Å². The first-order valence-corrected chi connectivity index (χ1v) is 4.30. The summed E-state index contributed by atoms with van der Waals surface area (Å²) in [5.41, 5.74) is 5.34. The molecule has 0 bridgehead atoms. The second-order valence-corrected chi connectivity index (χ2v) is 3.15. The topological polar surface area (TPSA) is 35.2 Å². The first kappa shape index (κ1) is 12.7. The van der Waals surface area contributed by atoms with Crippen molar-refractivity contribution in [2.45, 2.75) is 25.9 Å². The van der Waals surface area contributed by atoms with Gasteiger partial charge in [-0.1, -0.05) is 6.92 Å². The molecule has 0 heterocycles. The smallest absolute Gasteiger partial charge is 0.372 e. The van der Waals surface area contributed by atoms with E-state index in [1.54, 1.807) is 0 Å². The maximum atomic E-state index is 11.6.